The summed E-state index contributed by atoms with van der Waals surface area (Å²) >= 11 is 9.65. The van der Waals surface area contributed by atoms with Gasteiger partial charge in [-0.3, -0.25) is 4.79 Å². The molecule has 196 valence electrons. The Balaban J connectivity index is 1.63. The molecular weight excluding hydrogens is 540 g/mol. The third-order valence-corrected chi connectivity index (χ3v) is 11.2. The van der Waals surface area contributed by atoms with E-state index in [1.165, 1.54) is 27.8 Å². The first-order valence-corrected chi connectivity index (χ1v) is 15.3. The number of ketones is 1. The number of aryl methyl sites for hydroxylation is 2. The number of Topliss-reactive ketones (excluding diaryl/α,β-unsaturated/α-hetero) is 1. The van der Waals surface area contributed by atoms with Crippen LogP contribution in [0.2, 0.25) is 5.02 Å². The van der Waals surface area contributed by atoms with Crippen LogP contribution < -0.4 is 5.01 Å². The van der Waals surface area contributed by atoms with Gasteiger partial charge in [-0.25, -0.2) is 5.01 Å². The van der Waals surface area contributed by atoms with Crippen LogP contribution in [-0.4, -0.2) is 10.8 Å². The molecule has 1 atom stereocenters. The Labute approximate surface area is 243 Å². The SMILES string of the molecule is CCc1ccc(C2(c3ccc(CC)cc3)SC3(SC(C(C)=O)=NN3c3ccc(Cl)cc3)c3ccccc32)cc1. The second-order valence-corrected chi connectivity index (χ2v) is 13.1. The van der Waals surface area contributed by atoms with E-state index in [0.717, 1.165) is 24.1 Å². The smallest absolute Gasteiger partial charge is 0.187 e. The molecule has 0 saturated heterocycles. The lowest BCUT2D eigenvalue weighted by atomic mass is 9.81. The van der Waals surface area contributed by atoms with Gasteiger partial charge in [0.2, 0.25) is 0 Å². The summed E-state index contributed by atoms with van der Waals surface area (Å²) in [6.07, 6.45) is 1.98. The minimum atomic E-state index is -0.682. The van der Waals surface area contributed by atoms with Crippen LogP contribution in [0.25, 0.3) is 0 Å². The number of anilines is 1. The largest absolute Gasteiger partial charge is 0.292 e. The van der Waals surface area contributed by atoms with Crippen molar-refractivity contribution in [2.75, 3.05) is 5.01 Å². The molecule has 0 fully saturated rings. The van der Waals surface area contributed by atoms with E-state index >= 15 is 0 Å². The average molecular weight is 569 g/mol. The molecule has 4 aromatic rings. The summed E-state index contributed by atoms with van der Waals surface area (Å²) < 4.78 is -1.19. The Morgan fingerprint density at radius 3 is 1.85 bits per heavy atom. The number of hydrazone groups is 1. The van der Waals surface area contributed by atoms with Crippen molar-refractivity contribution in [2.45, 2.75) is 42.6 Å². The van der Waals surface area contributed by atoms with Gasteiger partial charge in [0.05, 0.1) is 10.4 Å². The Bertz CT molecular complexity index is 1520. The number of carbonyl (C=O) groups is 1. The maximum atomic E-state index is 12.8. The maximum Gasteiger partial charge on any atom is 0.187 e. The molecule has 0 bridgehead atoms. The number of fused-ring (bicyclic) bond motifs is 2. The fourth-order valence-corrected chi connectivity index (χ4v) is 9.15. The lowest BCUT2D eigenvalue weighted by Gasteiger charge is -2.37. The van der Waals surface area contributed by atoms with Crippen molar-refractivity contribution in [3.63, 3.8) is 0 Å². The van der Waals surface area contributed by atoms with Crippen molar-refractivity contribution in [1.82, 2.24) is 0 Å². The quantitative estimate of drug-likeness (QED) is 0.233. The number of nitrogens with zero attached hydrogens (tertiary/aromatic N) is 2. The molecule has 0 N–H and O–H groups in total. The van der Waals surface area contributed by atoms with Gasteiger partial charge in [0.1, 0.15) is 0 Å². The molecule has 6 heteroatoms. The predicted octanol–water partition coefficient (Wildman–Crippen LogP) is 8.77. The summed E-state index contributed by atoms with van der Waals surface area (Å²) in [5, 5.41) is 8.12. The van der Waals surface area contributed by atoms with Crippen LogP contribution in [0.5, 0.6) is 0 Å². The van der Waals surface area contributed by atoms with Crippen molar-refractivity contribution in [2.24, 2.45) is 5.10 Å². The van der Waals surface area contributed by atoms with Gasteiger partial charge < -0.3 is 0 Å². The predicted molar refractivity (Wildman–Crippen MR) is 167 cm³/mol. The zero-order valence-electron chi connectivity index (χ0n) is 22.1. The lowest BCUT2D eigenvalue weighted by Crippen LogP contribution is -2.34. The van der Waals surface area contributed by atoms with Crippen molar-refractivity contribution < 1.29 is 4.79 Å². The normalized spacial score (nSPS) is 19.3. The zero-order chi connectivity index (χ0) is 27.2. The molecule has 1 unspecified atom stereocenters. The first kappa shape index (κ1) is 26.2. The van der Waals surface area contributed by atoms with Crippen LogP contribution in [-0.2, 0) is 26.6 Å². The highest BCUT2D eigenvalue weighted by Crippen LogP contribution is 2.70. The number of carbonyl (C=O) groups excluding carboxylic acids is 1. The van der Waals surface area contributed by atoms with Gasteiger partial charge in [0, 0.05) is 17.5 Å². The molecule has 0 aromatic heterocycles. The molecule has 4 aromatic carbocycles. The summed E-state index contributed by atoms with van der Waals surface area (Å²) in [5.41, 5.74) is 8.30. The van der Waals surface area contributed by atoms with Crippen molar-refractivity contribution in [3.8, 4) is 0 Å². The minimum Gasteiger partial charge on any atom is -0.292 e. The van der Waals surface area contributed by atoms with Gasteiger partial charge in [-0.1, -0.05) is 122 Å². The average Bonchev–Trinajstić information content (AvgIpc) is 3.51. The zero-order valence-corrected chi connectivity index (χ0v) is 24.5. The second-order valence-electron chi connectivity index (χ2n) is 9.86. The molecule has 1 spiro atoms. The topological polar surface area (TPSA) is 32.7 Å². The number of halogens is 1. The van der Waals surface area contributed by atoms with Crippen molar-refractivity contribution in [3.05, 3.63) is 135 Å². The Hall–Kier alpha value is -2.99. The monoisotopic (exact) mass is 568 g/mol. The molecule has 0 saturated carbocycles. The van der Waals surface area contributed by atoms with Crippen LogP contribution in [0.3, 0.4) is 0 Å². The number of hydrogen-bond acceptors (Lipinski definition) is 5. The van der Waals surface area contributed by atoms with Crippen LogP contribution in [0.4, 0.5) is 5.69 Å². The number of benzene rings is 4. The molecule has 0 amide bonds. The van der Waals surface area contributed by atoms with E-state index in [1.807, 2.05) is 41.0 Å². The van der Waals surface area contributed by atoms with E-state index < -0.39 is 8.95 Å². The number of thioether (sulfide) groups is 2. The van der Waals surface area contributed by atoms with E-state index in [1.54, 1.807) is 18.7 Å². The number of hydrogen-bond donors (Lipinski definition) is 0. The van der Waals surface area contributed by atoms with Gasteiger partial charge in [0.25, 0.3) is 0 Å². The highest BCUT2D eigenvalue weighted by molar-refractivity contribution is 8.27. The lowest BCUT2D eigenvalue weighted by molar-refractivity contribution is -0.110. The summed E-state index contributed by atoms with van der Waals surface area (Å²) in [4.78, 5) is 12.8. The van der Waals surface area contributed by atoms with Crippen LogP contribution in [0.1, 0.15) is 54.2 Å². The maximum absolute atomic E-state index is 12.8. The van der Waals surface area contributed by atoms with E-state index in [4.69, 9.17) is 16.7 Å². The van der Waals surface area contributed by atoms with Gasteiger partial charge >= 0.3 is 0 Å². The molecular formula is C33H29ClN2OS2. The van der Waals surface area contributed by atoms with E-state index in [0.29, 0.717) is 10.1 Å². The molecule has 6 rings (SSSR count). The minimum absolute atomic E-state index is 0.0361. The summed E-state index contributed by atoms with van der Waals surface area (Å²) in [7, 11) is 0. The molecule has 0 radical (unpaired) electrons. The first-order valence-electron chi connectivity index (χ1n) is 13.2. The summed E-state index contributed by atoms with van der Waals surface area (Å²) in [5.74, 6) is -0.0361. The van der Waals surface area contributed by atoms with Gasteiger partial charge in [-0.2, -0.15) is 5.10 Å². The molecule has 2 heterocycles. The van der Waals surface area contributed by atoms with E-state index in [-0.39, 0.29) is 5.78 Å². The van der Waals surface area contributed by atoms with Crippen LogP contribution in [0.15, 0.2) is 102 Å². The third-order valence-electron chi connectivity index (χ3n) is 7.55. The third kappa shape index (κ3) is 4.23. The Morgan fingerprint density at radius 1 is 0.795 bits per heavy atom. The highest BCUT2D eigenvalue weighted by atomic mass is 35.5. The van der Waals surface area contributed by atoms with Gasteiger partial charge in [0.15, 0.2) is 15.0 Å². The Kier molecular flexibility index (Phi) is 6.86. The fraction of sp³-hybridized carbons (Fsp3) is 0.212. The molecule has 3 nitrogen and oxygen atoms in total. The van der Waals surface area contributed by atoms with E-state index in [2.05, 4.69) is 86.6 Å². The van der Waals surface area contributed by atoms with Crippen molar-refractivity contribution in [1.29, 1.82) is 0 Å². The highest BCUT2D eigenvalue weighted by Gasteiger charge is 2.61. The van der Waals surface area contributed by atoms with Crippen LogP contribution >= 0.6 is 35.1 Å². The number of rotatable bonds is 6. The summed E-state index contributed by atoms with van der Waals surface area (Å²) in [6.45, 7) is 5.96. The first-order chi connectivity index (χ1) is 18.9. The molecule has 39 heavy (non-hydrogen) atoms. The molecule has 2 aliphatic heterocycles. The standard InChI is InChI=1S/C33H29ClN2OS2/c1-4-23-10-14-25(15-11-23)32(26-16-12-24(5-2)13-17-26)29-8-6-7-9-30(29)33(39-32)36(35-31(38-33)22(3)37)28-20-18-27(34)19-21-28/h6-21H,4-5H2,1-3H3. The van der Waals surface area contributed by atoms with Gasteiger partial charge in [-0.15, -0.1) is 0 Å². The fourth-order valence-electron chi connectivity index (χ4n) is 5.47. The molecule has 2 aliphatic rings. The molecule has 0 aliphatic carbocycles. The second kappa shape index (κ2) is 10.2. The van der Waals surface area contributed by atoms with Crippen molar-refractivity contribution >= 4 is 51.6 Å². The Morgan fingerprint density at radius 2 is 1.33 bits per heavy atom. The summed E-state index contributed by atoms with van der Waals surface area (Å²) in [6, 6.07) is 34.4. The van der Waals surface area contributed by atoms with E-state index in [9.17, 15) is 4.79 Å². The van der Waals surface area contributed by atoms with Gasteiger partial charge in [-0.05, 0) is 64.9 Å². The van der Waals surface area contributed by atoms with Crippen LogP contribution in [0, 0.1) is 0 Å².